The average molecular weight is 382 g/mol. The summed E-state index contributed by atoms with van der Waals surface area (Å²) in [5.41, 5.74) is -0.943. The van der Waals surface area contributed by atoms with E-state index < -0.39 is 11.1 Å². The van der Waals surface area contributed by atoms with Gasteiger partial charge < -0.3 is 19.3 Å². The number of piperidine rings is 1. The molecule has 1 unspecified atom stereocenters. The van der Waals surface area contributed by atoms with Gasteiger partial charge in [0.05, 0.1) is 25.3 Å². The Labute approximate surface area is 162 Å². The molecule has 0 N–H and O–H groups in total. The fourth-order valence-corrected chi connectivity index (χ4v) is 4.58. The van der Waals surface area contributed by atoms with E-state index in [0.717, 1.165) is 38.8 Å². The maximum atomic E-state index is 13.2. The second kappa shape index (κ2) is 7.95. The van der Waals surface area contributed by atoms with Gasteiger partial charge in [0.25, 0.3) is 0 Å². The molecule has 0 radical (unpaired) electrons. The Morgan fingerprint density at radius 3 is 2.41 bits per heavy atom. The molecule has 3 fully saturated rings. The van der Waals surface area contributed by atoms with Gasteiger partial charge in [0.15, 0.2) is 0 Å². The van der Waals surface area contributed by atoms with Crippen molar-refractivity contribution in [2.75, 3.05) is 45.9 Å². The van der Waals surface area contributed by atoms with Crippen molar-refractivity contribution in [3.63, 3.8) is 0 Å². The molecule has 0 aromatic heterocycles. The summed E-state index contributed by atoms with van der Waals surface area (Å²) in [5.74, 6) is 0.166. The second-order valence-corrected chi connectivity index (χ2v) is 8.77. The van der Waals surface area contributed by atoms with Gasteiger partial charge in [-0.15, -0.1) is 0 Å². The van der Waals surface area contributed by atoms with E-state index in [0.29, 0.717) is 32.8 Å². The number of amides is 2. The van der Waals surface area contributed by atoms with Gasteiger partial charge in [-0.25, -0.2) is 4.79 Å². The molecule has 3 aliphatic rings. The van der Waals surface area contributed by atoms with Gasteiger partial charge in [-0.2, -0.15) is 0 Å². The number of carbonyl (C=O) groups excluding carboxylic acids is 2. The summed E-state index contributed by atoms with van der Waals surface area (Å²) in [5, 5.41) is 0. The minimum Gasteiger partial charge on any atom is -0.441 e. The minimum absolute atomic E-state index is 0.166. The molecule has 154 valence electrons. The molecule has 27 heavy (non-hydrogen) atoms. The van der Waals surface area contributed by atoms with E-state index in [1.165, 1.54) is 0 Å². The number of hydrogen-bond donors (Lipinski definition) is 0. The van der Waals surface area contributed by atoms with Crippen LogP contribution in [0.3, 0.4) is 0 Å². The van der Waals surface area contributed by atoms with Gasteiger partial charge in [-0.05, 0) is 27.2 Å². The van der Waals surface area contributed by atoms with E-state index in [-0.39, 0.29) is 18.0 Å². The Balaban J connectivity index is 1.58. The van der Waals surface area contributed by atoms with Crippen LogP contribution in [0.4, 0.5) is 4.79 Å². The normalized spacial score (nSPS) is 25.0. The number of ether oxygens (including phenoxy) is 2. The molecule has 7 heteroatoms. The highest BCUT2D eigenvalue weighted by Crippen LogP contribution is 2.35. The largest absolute Gasteiger partial charge is 0.441 e. The molecule has 1 atom stereocenters. The Kier molecular flexibility index (Phi) is 6.01. The zero-order valence-electron chi connectivity index (χ0n) is 17.3. The first-order chi connectivity index (χ1) is 12.8. The maximum Gasteiger partial charge on any atom is 0.410 e. The van der Waals surface area contributed by atoms with E-state index in [1.54, 1.807) is 0 Å². The lowest BCUT2D eigenvalue weighted by Gasteiger charge is -2.45. The van der Waals surface area contributed by atoms with Crippen LogP contribution in [0.15, 0.2) is 0 Å². The summed E-state index contributed by atoms with van der Waals surface area (Å²) in [6.45, 7) is 13.1. The number of likely N-dealkylation sites (tertiary alicyclic amines) is 1. The van der Waals surface area contributed by atoms with Crippen LogP contribution in [-0.4, -0.2) is 89.8 Å². The first-order valence-electron chi connectivity index (χ1n) is 10.4. The molecule has 3 heterocycles. The van der Waals surface area contributed by atoms with Crippen LogP contribution in [0.1, 0.15) is 53.4 Å². The fourth-order valence-electron chi connectivity index (χ4n) is 4.58. The Morgan fingerprint density at radius 2 is 1.81 bits per heavy atom. The summed E-state index contributed by atoms with van der Waals surface area (Å²) in [6, 6.07) is 0.210. The molecule has 1 spiro atoms. The topological polar surface area (TPSA) is 62.3 Å². The summed E-state index contributed by atoms with van der Waals surface area (Å²) in [4.78, 5) is 31.6. The lowest BCUT2D eigenvalue weighted by Crippen LogP contribution is -2.61. The second-order valence-electron chi connectivity index (χ2n) is 8.77. The van der Waals surface area contributed by atoms with Crippen LogP contribution in [0, 0.1) is 0 Å². The minimum atomic E-state index is -0.525. The molecule has 3 aliphatic heterocycles. The number of rotatable bonds is 5. The molecular formula is C20H35N3O4. The van der Waals surface area contributed by atoms with Gasteiger partial charge in [0, 0.05) is 45.1 Å². The van der Waals surface area contributed by atoms with E-state index >= 15 is 0 Å². The highest BCUT2D eigenvalue weighted by molar-refractivity contribution is 5.85. The van der Waals surface area contributed by atoms with Crippen molar-refractivity contribution in [1.82, 2.24) is 14.7 Å². The van der Waals surface area contributed by atoms with E-state index in [4.69, 9.17) is 9.47 Å². The molecule has 3 rings (SSSR count). The maximum absolute atomic E-state index is 13.2. The Morgan fingerprint density at radius 1 is 1.19 bits per heavy atom. The van der Waals surface area contributed by atoms with Crippen molar-refractivity contribution in [2.24, 2.45) is 0 Å². The van der Waals surface area contributed by atoms with Crippen LogP contribution < -0.4 is 0 Å². The number of carbonyl (C=O) groups is 2. The highest BCUT2D eigenvalue weighted by Gasteiger charge is 2.50. The first-order valence-corrected chi connectivity index (χ1v) is 10.4. The predicted molar refractivity (Wildman–Crippen MR) is 103 cm³/mol. The number of morpholine rings is 1. The smallest absolute Gasteiger partial charge is 0.410 e. The molecule has 0 saturated carbocycles. The standard InChI is InChI=1S/C20H35N3O4/c1-5-6-16(2)23-15-20(27-18(23)25)7-9-21(10-8-20)17(24)19(3,4)22-11-13-26-14-12-22/h16H,5-15H2,1-4H3. The van der Waals surface area contributed by atoms with Gasteiger partial charge in [0.2, 0.25) is 5.91 Å². The van der Waals surface area contributed by atoms with Crippen LogP contribution in [0.2, 0.25) is 0 Å². The average Bonchev–Trinajstić information content (AvgIpc) is 2.98. The van der Waals surface area contributed by atoms with Gasteiger partial charge >= 0.3 is 6.09 Å². The fraction of sp³-hybridized carbons (Fsp3) is 0.900. The third kappa shape index (κ3) is 4.09. The quantitative estimate of drug-likeness (QED) is 0.730. The van der Waals surface area contributed by atoms with E-state index in [9.17, 15) is 9.59 Å². The third-order valence-electron chi connectivity index (χ3n) is 6.52. The molecule has 0 bridgehead atoms. The zero-order chi connectivity index (χ0) is 19.7. The SMILES string of the molecule is CCCC(C)N1CC2(CCN(C(=O)C(C)(C)N3CCOCC3)CC2)OC1=O. The van der Waals surface area contributed by atoms with E-state index in [2.05, 4.69) is 18.7 Å². The van der Waals surface area contributed by atoms with Crippen molar-refractivity contribution in [2.45, 2.75) is 70.6 Å². The van der Waals surface area contributed by atoms with Crippen LogP contribution >= 0.6 is 0 Å². The Hall–Kier alpha value is -1.34. The Bertz CT molecular complexity index is 551. The van der Waals surface area contributed by atoms with Gasteiger partial charge in [0.1, 0.15) is 5.60 Å². The monoisotopic (exact) mass is 381 g/mol. The molecule has 3 saturated heterocycles. The molecule has 0 aliphatic carbocycles. The number of hydrogen-bond acceptors (Lipinski definition) is 5. The molecule has 0 aromatic rings. The van der Waals surface area contributed by atoms with Crippen molar-refractivity contribution in [1.29, 1.82) is 0 Å². The summed E-state index contributed by atoms with van der Waals surface area (Å²) >= 11 is 0. The summed E-state index contributed by atoms with van der Waals surface area (Å²) < 4.78 is 11.2. The van der Waals surface area contributed by atoms with Crippen LogP contribution in [0.5, 0.6) is 0 Å². The number of nitrogens with zero attached hydrogens (tertiary/aromatic N) is 3. The molecular weight excluding hydrogens is 346 g/mol. The zero-order valence-corrected chi connectivity index (χ0v) is 17.3. The van der Waals surface area contributed by atoms with Crippen LogP contribution in [0.25, 0.3) is 0 Å². The van der Waals surface area contributed by atoms with Crippen molar-refractivity contribution in [3.05, 3.63) is 0 Å². The van der Waals surface area contributed by atoms with Gasteiger partial charge in [-0.3, -0.25) is 9.69 Å². The van der Waals surface area contributed by atoms with Crippen molar-refractivity contribution in [3.8, 4) is 0 Å². The predicted octanol–water partition coefficient (Wildman–Crippen LogP) is 2.10. The molecule has 7 nitrogen and oxygen atoms in total. The lowest BCUT2D eigenvalue weighted by atomic mass is 9.89. The highest BCUT2D eigenvalue weighted by atomic mass is 16.6. The third-order valence-corrected chi connectivity index (χ3v) is 6.52. The van der Waals surface area contributed by atoms with Crippen LogP contribution in [-0.2, 0) is 14.3 Å². The summed E-state index contributed by atoms with van der Waals surface area (Å²) in [7, 11) is 0. The van der Waals surface area contributed by atoms with Gasteiger partial charge in [-0.1, -0.05) is 13.3 Å². The van der Waals surface area contributed by atoms with E-state index in [1.807, 2.05) is 23.6 Å². The van der Waals surface area contributed by atoms with Crippen molar-refractivity contribution < 1.29 is 19.1 Å². The lowest BCUT2D eigenvalue weighted by molar-refractivity contribution is -0.148. The van der Waals surface area contributed by atoms with Crippen molar-refractivity contribution >= 4 is 12.0 Å². The molecule has 0 aromatic carbocycles. The molecule has 2 amide bonds. The summed E-state index contributed by atoms with van der Waals surface area (Å²) in [6.07, 6.45) is 3.29. The first kappa shape index (κ1) is 20.4.